The zero-order valence-corrected chi connectivity index (χ0v) is 17.7. The summed E-state index contributed by atoms with van der Waals surface area (Å²) in [5, 5.41) is 11.1. The molecule has 0 bridgehead atoms. The van der Waals surface area contributed by atoms with Crippen molar-refractivity contribution in [1.82, 2.24) is 0 Å². The van der Waals surface area contributed by atoms with Crippen molar-refractivity contribution in [2.45, 2.75) is 77.2 Å². The molecule has 4 aliphatic rings. The van der Waals surface area contributed by atoms with Crippen LogP contribution >= 0.6 is 0 Å². The van der Waals surface area contributed by atoms with Crippen molar-refractivity contribution in [3.05, 3.63) is 11.6 Å². The topological polar surface area (TPSA) is 80.7 Å². The molecular weight excluding hydrogens is 394 g/mol. The number of halogens is 2. The van der Waals surface area contributed by atoms with Crippen molar-refractivity contribution in [3.8, 4) is 0 Å². The number of aliphatic hydroxyl groups is 1. The molecule has 0 radical (unpaired) electrons. The van der Waals surface area contributed by atoms with Crippen LogP contribution in [0.3, 0.4) is 0 Å². The second kappa shape index (κ2) is 6.94. The number of allylic oxidation sites excluding steroid dienone is 1. The number of alkyl halides is 2. The van der Waals surface area contributed by atoms with Gasteiger partial charge in [0.05, 0.1) is 6.10 Å². The lowest BCUT2D eigenvalue weighted by molar-refractivity contribution is -0.215. The maximum absolute atomic E-state index is 16.9. The van der Waals surface area contributed by atoms with E-state index in [1.54, 1.807) is 6.92 Å². The first-order valence-corrected chi connectivity index (χ1v) is 10.9. The Bertz CT molecular complexity index is 824. The van der Waals surface area contributed by atoms with Gasteiger partial charge in [-0.1, -0.05) is 13.8 Å². The van der Waals surface area contributed by atoms with E-state index in [9.17, 15) is 19.5 Å². The van der Waals surface area contributed by atoms with Gasteiger partial charge >= 0.3 is 5.97 Å². The van der Waals surface area contributed by atoms with Gasteiger partial charge in [0.1, 0.15) is 18.4 Å². The van der Waals surface area contributed by atoms with Crippen LogP contribution < -0.4 is 0 Å². The standard InChI is InChI=1S/C23H30F2O5/c1-12(26)30-11-19(28)15-5-4-14-16-9-18(24)17-8-13(27)6-7-22(17,3)23(16,25)20(29)10-21(14,15)2/h8,14-16,18,20,29H,4-7,9-11H2,1-3H3/t14-,15+,16-,18?,20?,21-,22-,23-/m0/s1. The second-order valence-electron chi connectivity index (χ2n) is 10.2. The average molecular weight is 424 g/mol. The Balaban J connectivity index is 1.70. The third kappa shape index (κ3) is 2.76. The predicted molar refractivity (Wildman–Crippen MR) is 104 cm³/mol. The Morgan fingerprint density at radius 2 is 1.97 bits per heavy atom. The van der Waals surface area contributed by atoms with Crippen LogP contribution in [-0.2, 0) is 19.1 Å². The summed E-state index contributed by atoms with van der Waals surface area (Å²) in [6.07, 6.45) is -0.136. The molecule has 0 aliphatic heterocycles. The van der Waals surface area contributed by atoms with Gasteiger partial charge in [0.25, 0.3) is 0 Å². The third-order valence-electron chi connectivity index (χ3n) is 8.83. The molecule has 0 aromatic heterocycles. The fraction of sp³-hybridized carbons (Fsp3) is 0.783. The summed E-state index contributed by atoms with van der Waals surface area (Å²) in [4.78, 5) is 35.8. The number of carbonyl (C=O) groups excluding carboxylic acids is 3. The summed E-state index contributed by atoms with van der Waals surface area (Å²) in [6, 6.07) is 0. The molecule has 0 amide bonds. The highest BCUT2D eigenvalue weighted by molar-refractivity contribution is 5.92. The summed E-state index contributed by atoms with van der Waals surface area (Å²) in [6.45, 7) is 4.43. The van der Waals surface area contributed by atoms with Crippen LogP contribution in [0, 0.1) is 28.6 Å². The summed E-state index contributed by atoms with van der Waals surface area (Å²) < 4.78 is 37.0. The fourth-order valence-corrected chi connectivity index (χ4v) is 7.36. The van der Waals surface area contributed by atoms with Crippen molar-refractivity contribution >= 4 is 17.5 Å². The maximum atomic E-state index is 16.9. The van der Waals surface area contributed by atoms with Gasteiger partial charge < -0.3 is 9.84 Å². The van der Waals surface area contributed by atoms with E-state index in [1.807, 2.05) is 6.92 Å². The first-order chi connectivity index (χ1) is 13.9. The quantitative estimate of drug-likeness (QED) is 0.704. The molecule has 3 saturated carbocycles. The first kappa shape index (κ1) is 21.6. The molecule has 0 aromatic rings. The summed E-state index contributed by atoms with van der Waals surface area (Å²) in [7, 11) is 0. The third-order valence-corrected chi connectivity index (χ3v) is 8.83. The van der Waals surface area contributed by atoms with Gasteiger partial charge in [0, 0.05) is 30.6 Å². The predicted octanol–water partition coefficient (Wildman–Crippen LogP) is 3.28. The number of rotatable bonds is 3. The van der Waals surface area contributed by atoms with E-state index in [-0.39, 0.29) is 55.3 Å². The van der Waals surface area contributed by atoms with Gasteiger partial charge in [0.2, 0.25) is 0 Å². The van der Waals surface area contributed by atoms with Crippen LogP contribution in [0.4, 0.5) is 8.78 Å². The number of hydrogen-bond acceptors (Lipinski definition) is 5. The van der Waals surface area contributed by atoms with Gasteiger partial charge in [-0.2, -0.15) is 0 Å². The molecule has 8 atom stereocenters. The van der Waals surface area contributed by atoms with E-state index < -0.39 is 46.6 Å². The van der Waals surface area contributed by atoms with E-state index in [2.05, 4.69) is 0 Å². The van der Waals surface area contributed by atoms with E-state index in [0.29, 0.717) is 12.8 Å². The number of fused-ring (bicyclic) bond motifs is 5. The van der Waals surface area contributed by atoms with Gasteiger partial charge in [-0.15, -0.1) is 0 Å². The second-order valence-corrected chi connectivity index (χ2v) is 10.2. The van der Waals surface area contributed by atoms with Crippen LogP contribution in [0.15, 0.2) is 11.6 Å². The Morgan fingerprint density at radius 3 is 2.63 bits per heavy atom. The Hall–Kier alpha value is -1.63. The molecular formula is C23H30F2O5. The highest BCUT2D eigenvalue weighted by Crippen LogP contribution is 2.69. The Labute approximate surface area is 175 Å². The summed E-state index contributed by atoms with van der Waals surface area (Å²) >= 11 is 0. The molecule has 4 aliphatic carbocycles. The Kier molecular flexibility index (Phi) is 5.00. The van der Waals surface area contributed by atoms with Crippen molar-refractivity contribution in [3.63, 3.8) is 0 Å². The normalized spacial score (nSPS) is 47.6. The van der Waals surface area contributed by atoms with Crippen LogP contribution in [0.2, 0.25) is 0 Å². The molecule has 3 fully saturated rings. The van der Waals surface area contributed by atoms with Crippen LogP contribution in [0.25, 0.3) is 0 Å². The number of esters is 1. The minimum Gasteiger partial charge on any atom is -0.458 e. The van der Waals surface area contributed by atoms with Crippen molar-refractivity contribution in [2.24, 2.45) is 28.6 Å². The number of ether oxygens (including phenoxy) is 1. The molecule has 30 heavy (non-hydrogen) atoms. The number of hydrogen-bond donors (Lipinski definition) is 1. The minimum absolute atomic E-state index is 0.0899. The molecule has 7 heteroatoms. The van der Waals surface area contributed by atoms with Gasteiger partial charge in [-0.25, -0.2) is 8.78 Å². The highest BCUT2D eigenvalue weighted by atomic mass is 19.1. The molecule has 4 rings (SSSR count). The molecule has 0 heterocycles. The summed E-state index contributed by atoms with van der Waals surface area (Å²) in [5.74, 6) is -2.41. The molecule has 166 valence electrons. The van der Waals surface area contributed by atoms with Crippen molar-refractivity contribution < 1.29 is 33.0 Å². The number of Topliss-reactive ketones (excluding diaryl/α,β-unsaturated/α-hetero) is 1. The molecule has 2 unspecified atom stereocenters. The van der Waals surface area contributed by atoms with E-state index in [4.69, 9.17) is 4.74 Å². The minimum atomic E-state index is -2.04. The highest BCUT2D eigenvalue weighted by Gasteiger charge is 2.72. The van der Waals surface area contributed by atoms with E-state index >= 15 is 8.78 Å². The number of aliphatic hydroxyl groups excluding tert-OH is 1. The maximum Gasteiger partial charge on any atom is 0.303 e. The zero-order valence-electron chi connectivity index (χ0n) is 17.7. The lowest BCUT2D eigenvalue weighted by Crippen LogP contribution is -2.69. The van der Waals surface area contributed by atoms with Crippen molar-refractivity contribution in [2.75, 3.05) is 6.61 Å². The van der Waals surface area contributed by atoms with Crippen LogP contribution in [0.1, 0.15) is 59.3 Å². The number of carbonyl (C=O) groups is 3. The monoisotopic (exact) mass is 424 g/mol. The Morgan fingerprint density at radius 1 is 1.27 bits per heavy atom. The average Bonchev–Trinajstić information content (AvgIpc) is 3.00. The van der Waals surface area contributed by atoms with Crippen LogP contribution in [-0.4, -0.2) is 47.2 Å². The van der Waals surface area contributed by atoms with Crippen molar-refractivity contribution in [1.29, 1.82) is 0 Å². The molecule has 0 aromatic carbocycles. The van der Waals surface area contributed by atoms with Crippen LogP contribution in [0.5, 0.6) is 0 Å². The smallest absolute Gasteiger partial charge is 0.303 e. The summed E-state index contributed by atoms with van der Waals surface area (Å²) in [5.41, 5.74) is -3.77. The lowest BCUT2D eigenvalue weighted by Gasteiger charge is -2.63. The lowest BCUT2D eigenvalue weighted by atomic mass is 9.44. The SMILES string of the molecule is CC(=O)OCC(=O)[C@H]1CC[C@H]2[C@@H]3CC(F)C4=CC(=O)CC[C@]4(C)[C@@]3(F)C(O)C[C@]12C. The first-order valence-electron chi connectivity index (χ1n) is 10.9. The zero-order chi connectivity index (χ0) is 22.1. The largest absolute Gasteiger partial charge is 0.458 e. The number of ketones is 2. The molecule has 0 saturated heterocycles. The fourth-order valence-electron chi connectivity index (χ4n) is 7.36. The van der Waals surface area contributed by atoms with Gasteiger partial charge in [-0.05, 0) is 55.1 Å². The van der Waals surface area contributed by atoms with Gasteiger partial charge in [-0.3, -0.25) is 14.4 Å². The van der Waals surface area contributed by atoms with E-state index in [1.165, 1.54) is 13.0 Å². The molecule has 0 spiro atoms. The molecule has 5 nitrogen and oxygen atoms in total. The molecule has 1 N–H and O–H groups in total. The van der Waals surface area contributed by atoms with Gasteiger partial charge in [0.15, 0.2) is 11.6 Å². The van der Waals surface area contributed by atoms with E-state index in [0.717, 1.165) is 0 Å².